The normalized spacial score (nSPS) is 22.3. The molecule has 2 saturated carbocycles. The van der Waals surface area contributed by atoms with E-state index in [2.05, 4.69) is 37.3 Å². The zero-order valence-corrected chi connectivity index (χ0v) is 21.4. The van der Waals surface area contributed by atoms with Crippen LogP contribution in [0.4, 0.5) is 6.01 Å². The van der Waals surface area contributed by atoms with Gasteiger partial charge < -0.3 is 19.1 Å². The van der Waals surface area contributed by atoms with Crippen LogP contribution in [0.1, 0.15) is 40.4 Å². The van der Waals surface area contributed by atoms with Crippen molar-refractivity contribution in [2.45, 2.75) is 18.8 Å². The minimum absolute atomic E-state index is 0.181. The van der Waals surface area contributed by atoms with Gasteiger partial charge in [-0.1, -0.05) is 57.8 Å². The molecule has 4 aromatic rings. The number of carboxylic acid groups (broad SMARTS) is 1. The first-order valence-electron chi connectivity index (χ1n) is 12.4. The highest BCUT2D eigenvalue weighted by Crippen LogP contribution is 2.54. The fourth-order valence-electron chi connectivity index (χ4n) is 5.40. The Labute approximate surface area is 227 Å². The Hall–Kier alpha value is -3.69. The van der Waals surface area contributed by atoms with Crippen LogP contribution in [-0.4, -0.2) is 44.4 Å². The Kier molecular flexibility index (Phi) is 5.52. The fraction of sp³-hybridized carbons (Fsp3) is 0.296. The van der Waals surface area contributed by atoms with Crippen molar-refractivity contribution in [2.75, 3.05) is 18.0 Å². The Balaban J connectivity index is 1.07. The highest BCUT2D eigenvalue weighted by Gasteiger charge is 2.55. The van der Waals surface area contributed by atoms with Gasteiger partial charge in [0, 0.05) is 48.1 Å². The number of allylic oxidation sites excluding steroid dienone is 1. The number of fused-ring (bicyclic) bond motifs is 1. The number of hydrogen-bond donors (Lipinski definition) is 1. The Morgan fingerprint density at radius 1 is 1.08 bits per heavy atom. The predicted molar refractivity (Wildman–Crippen MR) is 140 cm³/mol. The molecule has 7 rings (SSSR count). The third-order valence-electron chi connectivity index (χ3n) is 7.59. The average Bonchev–Trinajstić information content (AvgIpc) is 3.64. The monoisotopic (exact) mass is 549 g/mol. The van der Waals surface area contributed by atoms with Crippen LogP contribution < -0.4 is 4.90 Å². The van der Waals surface area contributed by atoms with E-state index in [0.29, 0.717) is 62.4 Å². The van der Waals surface area contributed by atoms with Gasteiger partial charge in [-0.15, -0.1) is 0 Å². The Bertz CT molecular complexity index is 1560. The first-order valence-corrected chi connectivity index (χ1v) is 13.1. The molecule has 192 valence electrons. The number of nitrogens with zero attached hydrogens (tertiary/aromatic N) is 5. The maximum absolute atomic E-state index is 11.3. The molecule has 0 amide bonds. The topological polar surface area (TPSA) is 118 Å². The molecule has 1 saturated heterocycles. The van der Waals surface area contributed by atoms with Crippen molar-refractivity contribution >= 4 is 41.3 Å². The van der Waals surface area contributed by atoms with Crippen molar-refractivity contribution < 1.29 is 18.9 Å². The molecular formula is C27H21Cl2N5O4. The molecule has 11 heteroatoms. The quantitative estimate of drug-likeness (QED) is 0.293. The van der Waals surface area contributed by atoms with E-state index >= 15 is 0 Å². The minimum atomic E-state index is -0.996. The van der Waals surface area contributed by atoms with Gasteiger partial charge in [0.1, 0.15) is 11.5 Å². The molecule has 1 aromatic carbocycles. The third kappa shape index (κ3) is 4.06. The number of pyridine rings is 1. The van der Waals surface area contributed by atoms with E-state index in [-0.39, 0.29) is 5.56 Å². The second-order valence-electron chi connectivity index (χ2n) is 10.0. The first kappa shape index (κ1) is 23.4. The molecule has 2 unspecified atom stereocenters. The summed E-state index contributed by atoms with van der Waals surface area (Å²) in [4.78, 5) is 21.9. The Morgan fingerprint density at radius 2 is 1.84 bits per heavy atom. The van der Waals surface area contributed by atoms with E-state index in [1.165, 1.54) is 6.07 Å². The fourth-order valence-corrected chi connectivity index (χ4v) is 5.95. The second kappa shape index (κ2) is 8.96. The molecule has 4 heterocycles. The van der Waals surface area contributed by atoms with Gasteiger partial charge in [0.25, 0.3) is 0 Å². The molecule has 3 aromatic heterocycles. The van der Waals surface area contributed by atoms with Crippen molar-refractivity contribution in [3.05, 3.63) is 69.7 Å². The summed E-state index contributed by atoms with van der Waals surface area (Å²) in [5, 5.41) is 18.5. The lowest BCUT2D eigenvalue weighted by molar-refractivity contribution is 0.0697. The van der Waals surface area contributed by atoms with Gasteiger partial charge in [-0.3, -0.25) is 4.98 Å². The van der Waals surface area contributed by atoms with Crippen molar-refractivity contribution in [1.29, 1.82) is 0 Å². The van der Waals surface area contributed by atoms with Gasteiger partial charge in [-0.25, -0.2) is 4.79 Å². The highest BCUT2D eigenvalue weighted by molar-refractivity contribution is 6.39. The molecule has 3 aliphatic rings. The number of carbonyl (C=O) groups is 1. The van der Waals surface area contributed by atoms with Crippen molar-refractivity contribution in [3.63, 3.8) is 0 Å². The lowest BCUT2D eigenvalue weighted by atomic mass is 10.0. The smallest absolute Gasteiger partial charge is 0.335 e. The zero-order chi connectivity index (χ0) is 26.0. The number of hydrogen-bond acceptors (Lipinski definition) is 8. The summed E-state index contributed by atoms with van der Waals surface area (Å²) in [7, 11) is 0. The maximum Gasteiger partial charge on any atom is 0.335 e. The summed E-state index contributed by atoms with van der Waals surface area (Å²) in [5.41, 5.74) is 3.02. The van der Waals surface area contributed by atoms with Crippen molar-refractivity contribution in [2.24, 2.45) is 17.8 Å². The highest BCUT2D eigenvalue weighted by atomic mass is 35.5. The van der Waals surface area contributed by atoms with E-state index in [9.17, 15) is 9.90 Å². The number of aromatic nitrogens is 4. The minimum Gasteiger partial charge on any atom is -0.478 e. The molecular weight excluding hydrogens is 529 g/mol. The van der Waals surface area contributed by atoms with Gasteiger partial charge in [-0.2, -0.15) is 4.98 Å². The van der Waals surface area contributed by atoms with Crippen LogP contribution in [0.2, 0.25) is 10.0 Å². The standard InChI is InChI=1S/C27H21Cl2N5O4/c28-20-9-30-10-21(29)22(20)23-17(24(37-32-23)13-4-5-13)7-6-16-18-11-34(12-19(16)18)27-31-25(33-38-27)14-2-1-3-15(8-14)26(35)36/h1-3,6-10,13,16,18-19H,4-5,11-12H2,(H,35,36)/b7-6+. The number of aromatic carboxylic acids is 1. The summed E-state index contributed by atoms with van der Waals surface area (Å²) in [6.45, 7) is 1.62. The summed E-state index contributed by atoms with van der Waals surface area (Å²) in [5.74, 6) is 2.05. The summed E-state index contributed by atoms with van der Waals surface area (Å²) in [6, 6.07) is 6.97. The zero-order valence-electron chi connectivity index (χ0n) is 19.9. The molecule has 0 radical (unpaired) electrons. The number of rotatable bonds is 7. The number of halogens is 2. The van der Waals surface area contributed by atoms with Crippen LogP contribution in [0.5, 0.6) is 0 Å². The second-order valence-corrected chi connectivity index (χ2v) is 10.8. The van der Waals surface area contributed by atoms with E-state index in [1.807, 2.05) is 0 Å². The molecule has 38 heavy (non-hydrogen) atoms. The molecule has 1 N–H and O–H groups in total. The number of anilines is 1. The lowest BCUT2D eigenvalue weighted by Gasteiger charge is -2.15. The predicted octanol–water partition coefficient (Wildman–Crippen LogP) is 6.06. The van der Waals surface area contributed by atoms with Gasteiger partial charge in [0.15, 0.2) is 0 Å². The molecule has 0 spiro atoms. The van der Waals surface area contributed by atoms with E-state index in [0.717, 1.165) is 37.3 Å². The van der Waals surface area contributed by atoms with E-state index < -0.39 is 5.97 Å². The van der Waals surface area contributed by atoms with E-state index in [1.54, 1.807) is 30.6 Å². The molecule has 2 aliphatic carbocycles. The van der Waals surface area contributed by atoms with Crippen LogP contribution >= 0.6 is 23.2 Å². The SMILES string of the molecule is O=C(O)c1cccc(-c2noc(N3CC4C(/C=C/c5c(-c6c(Cl)cncc6Cl)noc5C5CC5)C4C3)n2)c1. The van der Waals surface area contributed by atoms with Crippen LogP contribution in [0.3, 0.4) is 0 Å². The van der Waals surface area contributed by atoms with Crippen molar-refractivity contribution in [3.8, 4) is 22.6 Å². The molecule has 3 fully saturated rings. The molecule has 9 nitrogen and oxygen atoms in total. The van der Waals surface area contributed by atoms with Crippen LogP contribution in [0.25, 0.3) is 28.7 Å². The van der Waals surface area contributed by atoms with Crippen LogP contribution in [0, 0.1) is 17.8 Å². The molecule has 2 atom stereocenters. The summed E-state index contributed by atoms with van der Waals surface area (Å²) in [6.07, 6.45) is 9.66. The largest absolute Gasteiger partial charge is 0.478 e. The van der Waals surface area contributed by atoms with Gasteiger partial charge in [-0.05, 0) is 42.7 Å². The number of benzene rings is 1. The average molecular weight is 550 g/mol. The van der Waals surface area contributed by atoms with Gasteiger partial charge >= 0.3 is 12.0 Å². The number of carboxylic acids is 1. The van der Waals surface area contributed by atoms with Gasteiger partial charge in [0.2, 0.25) is 5.82 Å². The molecule has 0 bridgehead atoms. The molecule has 1 aliphatic heterocycles. The van der Waals surface area contributed by atoms with Crippen molar-refractivity contribution in [1.82, 2.24) is 20.3 Å². The summed E-state index contributed by atoms with van der Waals surface area (Å²) >= 11 is 12.9. The third-order valence-corrected chi connectivity index (χ3v) is 8.17. The first-order chi connectivity index (χ1) is 18.5. The number of piperidine rings is 1. The van der Waals surface area contributed by atoms with Crippen LogP contribution in [0.15, 0.2) is 51.8 Å². The maximum atomic E-state index is 11.3. The van der Waals surface area contributed by atoms with Crippen LogP contribution in [-0.2, 0) is 0 Å². The summed E-state index contributed by atoms with van der Waals surface area (Å²) < 4.78 is 11.3. The lowest BCUT2D eigenvalue weighted by Crippen LogP contribution is -2.23. The van der Waals surface area contributed by atoms with Gasteiger partial charge in [0.05, 0.1) is 15.6 Å². The Morgan fingerprint density at radius 3 is 2.55 bits per heavy atom. The van der Waals surface area contributed by atoms with E-state index in [4.69, 9.17) is 32.2 Å².